The summed E-state index contributed by atoms with van der Waals surface area (Å²) in [4.78, 5) is 38.9. The van der Waals surface area contributed by atoms with Crippen LogP contribution in [-0.4, -0.2) is 28.6 Å². The summed E-state index contributed by atoms with van der Waals surface area (Å²) in [7, 11) is 0. The van der Waals surface area contributed by atoms with Crippen molar-refractivity contribution in [2.45, 2.75) is 52.1 Å². The molecule has 170 valence electrons. The van der Waals surface area contributed by atoms with Crippen molar-refractivity contribution in [2.24, 2.45) is 0 Å². The molecule has 33 heavy (non-hydrogen) atoms. The maximum atomic E-state index is 13.1. The minimum absolute atomic E-state index is 0.137. The Hall–Kier alpha value is -3.37. The zero-order valence-corrected chi connectivity index (χ0v) is 19.2. The van der Waals surface area contributed by atoms with Crippen molar-refractivity contribution in [3.63, 3.8) is 0 Å². The fourth-order valence-corrected chi connectivity index (χ4v) is 3.73. The number of ketones is 3. The van der Waals surface area contributed by atoms with Gasteiger partial charge in [0.25, 0.3) is 0 Å². The zero-order valence-electron chi connectivity index (χ0n) is 19.2. The fraction of sp³-hybridized carbons (Fsp3) is 0.276. The van der Waals surface area contributed by atoms with Gasteiger partial charge in [-0.2, -0.15) is 0 Å². The van der Waals surface area contributed by atoms with Crippen LogP contribution in [0.25, 0.3) is 0 Å². The highest BCUT2D eigenvalue weighted by Gasteiger charge is 2.17. The third-order valence-electron chi connectivity index (χ3n) is 5.66. The van der Waals surface area contributed by atoms with Crippen LogP contribution in [0, 0.1) is 0 Å². The number of rotatable bonds is 11. The van der Waals surface area contributed by atoms with Gasteiger partial charge in [0.1, 0.15) is 0 Å². The van der Waals surface area contributed by atoms with E-state index in [1.807, 2.05) is 54.6 Å². The highest BCUT2D eigenvalue weighted by atomic mass is 16.3. The van der Waals surface area contributed by atoms with Crippen LogP contribution < -0.4 is 0 Å². The maximum Gasteiger partial charge on any atom is 0.167 e. The van der Waals surface area contributed by atoms with Gasteiger partial charge < -0.3 is 5.11 Å². The zero-order chi connectivity index (χ0) is 23.8. The first kappa shape index (κ1) is 24.3. The highest BCUT2D eigenvalue weighted by Crippen LogP contribution is 2.19. The molecule has 3 aromatic carbocycles. The molecular weight excluding hydrogens is 412 g/mol. The molecule has 3 rings (SSSR count). The predicted octanol–water partition coefficient (Wildman–Crippen LogP) is 5.44. The van der Waals surface area contributed by atoms with E-state index in [4.69, 9.17) is 0 Å². The second-order valence-electron chi connectivity index (χ2n) is 8.47. The first-order chi connectivity index (χ1) is 15.9. The second kappa shape index (κ2) is 11.5. The van der Waals surface area contributed by atoms with E-state index in [-0.39, 0.29) is 36.6 Å². The Bertz CT molecular complexity index is 1130. The van der Waals surface area contributed by atoms with Gasteiger partial charge in [0, 0.05) is 36.0 Å². The van der Waals surface area contributed by atoms with Crippen LogP contribution in [0.1, 0.15) is 74.5 Å². The van der Waals surface area contributed by atoms with Crippen LogP contribution >= 0.6 is 0 Å². The van der Waals surface area contributed by atoms with Crippen LogP contribution in [0.2, 0.25) is 0 Å². The first-order valence-corrected chi connectivity index (χ1v) is 11.4. The van der Waals surface area contributed by atoms with Crippen molar-refractivity contribution < 1.29 is 19.5 Å². The van der Waals surface area contributed by atoms with Gasteiger partial charge in [0.05, 0.1) is 6.10 Å². The minimum atomic E-state index is -0.594. The Morgan fingerprint density at radius 2 is 1.21 bits per heavy atom. The van der Waals surface area contributed by atoms with Gasteiger partial charge in [0.2, 0.25) is 0 Å². The largest absolute Gasteiger partial charge is 0.393 e. The van der Waals surface area contributed by atoms with Crippen molar-refractivity contribution in [2.75, 3.05) is 0 Å². The molecule has 0 heterocycles. The average Bonchev–Trinajstić information content (AvgIpc) is 2.82. The predicted molar refractivity (Wildman–Crippen MR) is 130 cm³/mol. The molecule has 0 fully saturated rings. The molecule has 0 saturated carbocycles. The molecule has 3 aromatic rings. The van der Waals surface area contributed by atoms with E-state index >= 15 is 0 Å². The SMILES string of the molecule is CCc1cccc(CC(=O)c2cc(C(=O)CCC(C)O)cc(C(=O)Cc3ccccc3)c2)c1. The Kier molecular flexibility index (Phi) is 8.45. The van der Waals surface area contributed by atoms with E-state index in [1.165, 1.54) is 0 Å². The van der Waals surface area contributed by atoms with Crippen LogP contribution in [0.4, 0.5) is 0 Å². The van der Waals surface area contributed by atoms with Crippen LogP contribution in [0.5, 0.6) is 0 Å². The molecule has 0 bridgehead atoms. The molecule has 0 aromatic heterocycles. The lowest BCUT2D eigenvalue weighted by Crippen LogP contribution is -2.12. The molecule has 4 heteroatoms. The van der Waals surface area contributed by atoms with E-state index in [2.05, 4.69) is 6.92 Å². The van der Waals surface area contributed by atoms with E-state index < -0.39 is 6.10 Å². The summed E-state index contributed by atoms with van der Waals surface area (Å²) in [5, 5.41) is 9.54. The van der Waals surface area contributed by atoms with Crippen molar-refractivity contribution >= 4 is 17.3 Å². The van der Waals surface area contributed by atoms with Crippen molar-refractivity contribution in [1.29, 1.82) is 0 Å². The maximum absolute atomic E-state index is 13.1. The van der Waals surface area contributed by atoms with Gasteiger partial charge in [0.15, 0.2) is 17.3 Å². The summed E-state index contributed by atoms with van der Waals surface area (Å²) in [5.41, 5.74) is 3.98. The number of hydrogen-bond donors (Lipinski definition) is 1. The summed E-state index contributed by atoms with van der Waals surface area (Å²) < 4.78 is 0. The fourth-order valence-electron chi connectivity index (χ4n) is 3.73. The standard InChI is InChI=1S/C29H30O4/c1-3-21-10-7-11-23(14-21)16-29(33)26-18-24(27(31)13-12-20(2)30)17-25(19-26)28(32)15-22-8-5-4-6-9-22/h4-11,14,17-20,30H,3,12-13,15-16H2,1-2H3. The Morgan fingerprint density at radius 1 is 0.697 bits per heavy atom. The molecule has 0 radical (unpaired) electrons. The molecule has 0 spiro atoms. The molecule has 0 aliphatic carbocycles. The van der Waals surface area contributed by atoms with E-state index in [1.54, 1.807) is 25.1 Å². The molecule has 1 unspecified atom stereocenters. The van der Waals surface area contributed by atoms with Crippen molar-refractivity contribution in [3.05, 3.63) is 106 Å². The number of aliphatic hydroxyl groups is 1. The number of benzene rings is 3. The monoisotopic (exact) mass is 442 g/mol. The Morgan fingerprint density at radius 3 is 1.79 bits per heavy atom. The second-order valence-corrected chi connectivity index (χ2v) is 8.47. The molecule has 0 saturated heterocycles. The van der Waals surface area contributed by atoms with Crippen molar-refractivity contribution in [3.8, 4) is 0 Å². The topological polar surface area (TPSA) is 71.4 Å². The third-order valence-corrected chi connectivity index (χ3v) is 5.66. The molecule has 1 atom stereocenters. The molecule has 0 aliphatic heterocycles. The normalized spacial score (nSPS) is 11.7. The van der Waals surface area contributed by atoms with E-state index in [9.17, 15) is 19.5 Å². The molecule has 0 aliphatic rings. The summed E-state index contributed by atoms with van der Waals surface area (Å²) in [6.45, 7) is 3.69. The van der Waals surface area contributed by atoms with Gasteiger partial charge in [-0.15, -0.1) is 0 Å². The third kappa shape index (κ3) is 7.06. The highest BCUT2D eigenvalue weighted by molar-refractivity contribution is 6.07. The number of hydrogen-bond acceptors (Lipinski definition) is 4. The first-order valence-electron chi connectivity index (χ1n) is 11.4. The lowest BCUT2D eigenvalue weighted by Gasteiger charge is -2.10. The number of Topliss-reactive ketones (excluding diaryl/α,β-unsaturated/α-hetero) is 3. The lowest BCUT2D eigenvalue weighted by atomic mass is 9.92. The quantitative estimate of drug-likeness (QED) is 0.401. The molecule has 0 amide bonds. The number of carbonyl (C=O) groups excluding carboxylic acids is 3. The number of carbonyl (C=O) groups is 3. The van der Waals surface area contributed by atoms with Gasteiger partial charge in [-0.25, -0.2) is 0 Å². The lowest BCUT2D eigenvalue weighted by molar-refractivity contribution is 0.0949. The van der Waals surface area contributed by atoms with Crippen LogP contribution in [0.15, 0.2) is 72.8 Å². The summed E-state index contributed by atoms with van der Waals surface area (Å²) in [6.07, 6.45) is 1.16. The summed E-state index contributed by atoms with van der Waals surface area (Å²) in [5.74, 6) is -0.470. The summed E-state index contributed by atoms with van der Waals surface area (Å²) in [6, 6.07) is 22.0. The Labute approximate surface area is 195 Å². The smallest absolute Gasteiger partial charge is 0.167 e. The number of aryl methyl sites for hydroxylation is 1. The summed E-state index contributed by atoms with van der Waals surface area (Å²) >= 11 is 0. The molecule has 1 N–H and O–H groups in total. The van der Waals surface area contributed by atoms with Gasteiger partial charge in [-0.1, -0.05) is 61.5 Å². The van der Waals surface area contributed by atoms with Gasteiger partial charge in [-0.05, 0) is 54.7 Å². The minimum Gasteiger partial charge on any atom is -0.393 e. The average molecular weight is 443 g/mol. The van der Waals surface area contributed by atoms with E-state index in [0.29, 0.717) is 23.1 Å². The van der Waals surface area contributed by atoms with E-state index in [0.717, 1.165) is 23.1 Å². The van der Waals surface area contributed by atoms with Gasteiger partial charge in [-0.3, -0.25) is 14.4 Å². The Balaban J connectivity index is 1.91. The van der Waals surface area contributed by atoms with Crippen molar-refractivity contribution in [1.82, 2.24) is 0 Å². The van der Waals surface area contributed by atoms with Gasteiger partial charge >= 0.3 is 0 Å². The molecule has 4 nitrogen and oxygen atoms in total. The molecular formula is C29H30O4. The van der Waals surface area contributed by atoms with Crippen LogP contribution in [0.3, 0.4) is 0 Å². The van der Waals surface area contributed by atoms with Crippen LogP contribution in [-0.2, 0) is 19.3 Å². The number of aliphatic hydroxyl groups excluding tert-OH is 1.